The van der Waals surface area contributed by atoms with E-state index in [9.17, 15) is 0 Å². The topological polar surface area (TPSA) is 4.41 Å². The van der Waals surface area contributed by atoms with Crippen LogP contribution in [0.25, 0.3) is 16.6 Å². The number of aromatic nitrogens is 1. The number of rotatable bonds is 1. The van der Waals surface area contributed by atoms with E-state index in [2.05, 4.69) is 82.1 Å². The molecule has 0 fully saturated rings. The van der Waals surface area contributed by atoms with Crippen molar-refractivity contribution >= 4 is 21.4 Å². The van der Waals surface area contributed by atoms with E-state index in [4.69, 9.17) is 0 Å². The predicted molar refractivity (Wildman–Crippen MR) is 75.3 cm³/mol. The van der Waals surface area contributed by atoms with Crippen molar-refractivity contribution in [2.75, 3.05) is 0 Å². The minimum Gasteiger partial charge on any atom is -0.323 e. The molecule has 0 amide bonds. The molecule has 3 aromatic rings. The van der Waals surface area contributed by atoms with E-state index in [-0.39, 0.29) is 0 Å². The lowest BCUT2D eigenvalue weighted by Gasteiger charge is -1.96. The fourth-order valence-electron chi connectivity index (χ4n) is 2.02. The minimum atomic E-state index is 1.11. The van der Waals surface area contributed by atoms with Gasteiger partial charge in [0.15, 0.2) is 0 Å². The van der Waals surface area contributed by atoms with Crippen molar-refractivity contribution in [3.05, 3.63) is 64.9 Å². The molecule has 0 aliphatic carbocycles. The van der Waals surface area contributed by atoms with Gasteiger partial charge in [0.2, 0.25) is 0 Å². The summed E-state index contributed by atoms with van der Waals surface area (Å²) < 4.78 is 3.27. The summed E-state index contributed by atoms with van der Waals surface area (Å²) in [6.07, 6.45) is 4.27. The Labute approximate surface area is 109 Å². The van der Waals surface area contributed by atoms with Crippen LogP contribution < -0.4 is 0 Å². The molecular formula is C15H12BrN. The van der Waals surface area contributed by atoms with Crippen LogP contribution in [0.15, 0.2) is 59.3 Å². The first-order chi connectivity index (χ1) is 8.22. The number of nitrogens with zero attached hydrogens (tertiary/aromatic N) is 1. The summed E-state index contributed by atoms with van der Waals surface area (Å²) in [5, 5.41) is 0. The number of pyridine rings is 1. The summed E-state index contributed by atoms with van der Waals surface area (Å²) in [5.41, 5.74) is 5.03. The van der Waals surface area contributed by atoms with Gasteiger partial charge in [0.25, 0.3) is 0 Å². The van der Waals surface area contributed by atoms with E-state index in [1.165, 1.54) is 22.2 Å². The van der Waals surface area contributed by atoms with Gasteiger partial charge in [-0.2, -0.15) is 0 Å². The molecular weight excluding hydrogens is 274 g/mol. The van der Waals surface area contributed by atoms with Crippen molar-refractivity contribution in [2.45, 2.75) is 6.92 Å². The molecule has 0 N–H and O–H groups in total. The molecule has 2 heteroatoms. The zero-order chi connectivity index (χ0) is 11.8. The van der Waals surface area contributed by atoms with E-state index < -0.39 is 0 Å². The summed E-state index contributed by atoms with van der Waals surface area (Å²) in [6.45, 7) is 2.12. The zero-order valence-electron chi connectivity index (χ0n) is 9.52. The Morgan fingerprint density at radius 1 is 0.941 bits per heavy atom. The standard InChI is InChI=1S/C15H12BrN/c1-11-6-7-17-10-13(9-15(17)8-11)12-2-4-14(16)5-3-12/h2-10H,1H3. The van der Waals surface area contributed by atoms with Gasteiger partial charge in [0.05, 0.1) is 0 Å². The Balaban J connectivity index is 2.14. The second-order valence-electron chi connectivity index (χ2n) is 4.27. The molecule has 84 valence electrons. The normalized spacial score (nSPS) is 10.9. The molecule has 17 heavy (non-hydrogen) atoms. The third-order valence-corrected chi connectivity index (χ3v) is 3.46. The number of halogens is 1. The molecule has 0 atom stereocenters. The first-order valence-electron chi connectivity index (χ1n) is 5.57. The molecule has 0 bridgehead atoms. The van der Waals surface area contributed by atoms with Gasteiger partial charge < -0.3 is 4.40 Å². The summed E-state index contributed by atoms with van der Waals surface area (Å²) in [6, 6.07) is 14.9. The average molecular weight is 286 g/mol. The van der Waals surface area contributed by atoms with Gasteiger partial charge in [-0.05, 0) is 48.4 Å². The van der Waals surface area contributed by atoms with Crippen molar-refractivity contribution in [2.24, 2.45) is 0 Å². The third kappa shape index (κ3) is 2.01. The number of hydrogen-bond donors (Lipinski definition) is 0. The molecule has 0 spiro atoms. The van der Waals surface area contributed by atoms with Crippen LogP contribution in [0.5, 0.6) is 0 Å². The van der Waals surface area contributed by atoms with E-state index in [1.54, 1.807) is 0 Å². The van der Waals surface area contributed by atoms with Crippen LogP contribution in [-0.4, -0.2) is 4.40 Å². The largest absolute Gasteiger partial charge is 0.323 e. The lowest BCUT2D eigenvalue weighted by Crippen LogP contribution is -1.80. The number of aryl methyl sites for hydroxylation is 1. The Morgan fingerprint density at radius 2 is 1.71 bits per heavy atom. The highest BCUT2D eigenvalue weighted by molar-refractivity contribution is 9.10. The fraction of sp³-hybridized carbons (Fsp3) is 0.0667. The molecule has 2 aromatic heterocycles. The number of hydrogen-bond acceptors (Lipinski definition) is 0. The van der Waals surface area contributed by atoms with Gasteiger partial charge in [-0.3, -0.25) is 0 Å². The van der Waals surface area contributed by atoms with Gasteiger partial charge in [-0.15, -0.1) is 0 Å². The maximum absolute atomic E-state index is 3.46. The van der Waals surface area contributed by atoms with Crippen LogP contribution in [0.3, 0.4) is 0 Å². The predicted octanol–water partition coefficient (Wildman–Crippen LogP) is 4.68. The van der Waals surface area contributed by atoms with Crippen molar-refractivity contribution in [3.63, 3.8) is 0 Å². The molecule has 0 aliphatic rings. The first kappa shape index (κ1) is 10.6. The maximum atomic E-state index is 3.46. The molecule has 0 radical (unpaired) electrons. The van der Waals surface area contributed by atoms with E-state index >= 15 is 0 Å². The quantitative estimate of drug-likeness (QED) is 0.612. The van der Waals surface area contributed by atoms with E-state index in [1.807, 2.05) is 0 Å². The number of benzene rings is 1. The first-order valence-corrected chi connectivity index (χ1v) is 6.36. The lowest BCUT2D eigenvalue weighted by atomic mass is 10.1. The molecule has 3 rings (SSSR count). The van der Waals surface area contributed by atoms with Crippen LogP contribution in [0.4, 0.5) is 0 Å². The van der Waals surface area contributed by atoms with Crippen molar-refractivity contribution in [3.8, 4) is 11.1 Å². The Bertz CT molecular complexity index is 665. The molecule has 0 unspecified atom stereocenters. The van der Waals surface area contributed by atoms with Crippen LogP contribution in [0.1, 0.15) is 5.56 Å². The average Bonchev–Trinajstić information content (AvgIpc) is 2.72. The van der Waals surface area contributed by atoms with E-state index in [0.717, 1.165) is 4.47 Å². The van der Waals surface area contributed by atoms with Crippen LogP contribution in [0, 0.1) is 6.92 Å². The summed E-state index contributed by atoms with van der Waals surface area (Å²) in [5.74, 6) is 0. The molecule has 1 aromatic carbocycles. The van der Waals surface area contributed by atoms with Crippen molar-refractivity contribution < 1.29 is 0 Å². The SMILES string of the molecule is Cc1ccn2cc(-c3ccc(Br)cc3)cc2c1. The smallest absolute Gasteiger partial charge is 0.0458 e. The van der Waals surface area contributed by atoms with Crippen LogP contribution in [-0.2, 0) is 0 Å². The molecule has 1 nitrogen and oxygen atoms in total. The summed E-state index contributed by atoms with van der Waals surface area (Å²) >= 11 is 3.46. The molecule has 0 saturated carbocycles. The van der Waals surface area contributed by atoms with E-state index in [0.29, 0.717) is 0 Å². The van der Waals surface area contributed by atoms with Gasteiger partial charge in [0, 0.05) is 27.9 Å². The van der Waals surface area contributed by atoms with Crippen molar-refractivity contribution in [1.29, 1.82) is 0 Å². The third-order valence-electron chi connectivity index (χ3n) is 2.93. The number of fused-ring (bicyclic) bond motifs is 1. The summed E-state index contributed by atoms with van der Waals surface area (Å²) in [7, 11) is 0. The van der Waals surface area contributed by atoms with Crippen LogP contribution in [0.2, 0.25) is 0 Å². The Morgan fingerprint density at radius 3 is 2.47 bits per heavy atom. The molecule has 0 aliphatic heterocycles. The summed E-state index contributed by atoms with van der Waals surface area (Å²) in [4.78, 5) is 0. The second kappa shape index (κ2) is 4.04. The van der Waals surface area contributed by atoms with Gasteiger partial charge in [0.1, 0.15) is 0 Å². The minimum absolute atomic E-state index is 1.11. The highest BCUT2D eigenvalue weighted by Crippen LogP contribution is 2.24. The second-order valence-corrected chi connectivity index (χ2v) is 5.19. The highest BCUT2D eigenvalue weighted by Gasteiger charge is 2.02. The zero-order valence-corrected chi connectivity index (χ0v) is 11.1. The van der Waals surface area contributed by atoms with Crippen molar-refractivity contribution in [1.82, 2.24) is 4.40 Å². The molecule has 0 saturated heterocycles. The monoisotopic (exact) mass is 285 g/mol. The lowest BCUT2D eigenvalue weighted by molar-refractivity contribution is 1.18. The Hall–Kier alpha value is -1.54. The van der Waals surface area contributed by atoms with Gasteiger partial charge in [-0.1, -0.05) is 28.1 Å². The van der Waals surface area contributed by atoms with Gasteiger partial charge >= 0.3 is 0 Å². The Kier molecular flexibility index (Phi) is 2.52. The molecule has 2 heterocycles. The van der Waals surface area contributed by atoms with Gasteiger partial charge in [-0.25, -0.2) is 0 Å². The highest BCUT2D eigenvalue weighted by atomic mass is 79.9. The maximum Gasteiger partial charge on any atom is 0.0458 e. The fourth-order valence-corrected chi connectivity index (χ4v) is 2.28. The van der Waals surface area contributed by atoms with Crippen LogP contribution >= 0.6 is 15.9 Å².